The summed E-state index contributed by atoms with van der Waals surface area (Å²) in [6, 6.07) is 10.7. The van der Waals surface area contributed by atoms with E-state index < -0.39 is 12.7 Å². The van der Waals surface area contributed by atoms with Crippen LogP contribution >= 0.6 is 0 Å². The number of halogens is 3. The van der Waals surface area contributed by atoms with E-state index in [9.17, 15) is 18.0 Å². The molecule has 2 heterocycles. The van der Waals surface area contributed by atoms with E-state index in [0.29, 0.717) is 35.0 Å². The number of fused-ring (bicyclic) bond motifs is 1. The average molecular weight is 498 g/mol. The lowest BCUT2D eigenvalue weighted by Crippen LogP contribution is -2.25. The Bertz CT molecular complexity index is 1330. The van der Waals surface area contributed by atoms with Crippen LogP contribution < -0.4 is 16.0 Å². The molecule has 0 bridgehead atoms. The van der Waals surface area contributed by atoms with Crippen LogP contribution in [0, 0.1) is 12.3 Å². The zero-order valence-electron chi connectivity index (χ0n) is 20.0. The summed E-state index contributed by atoms with van der Waals surface area (Å²) in [5.41, 5.74) is 4.95. The van der Waals surface area contributed by atoms with Gasteiger partial charge in [-0.25, -0.2) is 4.68 Å². The van der Waals surface area contributed by atoms with E-state index in [1.54, 1.807) is 28.9 Å². The summed E-state index contributed by atoms with van der Waals surface area (Å²) < 4.78 is 38.9. The van der Waals surface area contributed by atoms with Crippen molar-refractivity contribution in [3.63, 3.8) is 0 Å². The first-order valence-electron chi connectivity index (χ1n) is 11.4. The first-order chi connectivity index (χ1) is 17.1. The Hall–Kier alpha value is -4.15. The molecule has 2 aromatic carbocycles. The molecule has 1 aliphatic heterocycles. The molecule has 4 N–H and O–H groups in total. The van der Waals surface area contributed by atoms with Gasteiger partial charge in [0, 0.05) is 41.3 Å². The largest absolute Gasteiger partial charge is 0.405 e. The van der Waals surface area contributed by atoms with Crippen molar-refractivity contribution in [2.75, 3.05) is 11.9 Å². The van der Waals surface area contributed by atoms with Crippen LogP contribution in [0.3, 0.4) is 0 Å². The zero-order chi connectivity index (χ0) is 26.0. The number of hydrogen-bond acceptors (Lipinski definition) is 6. The molecule has 0 fully saturated rings. The van der Waals surface area contributed by atoms with Crippen molar-refractivity contribution in [3.8, 4) is 11.4 Å². The maximum atomic E-state index is 12.4. The van der Waals surface area contributed by atoms with Crippen LogP contribution in [0.15, 0.2) is 42.6 Å². The fourth-order valence-electron chi connectivity index (χ4n) is 3.96. The number of rotatable bonds is 8. The highest BCUT2D eigenvalue weighted by molar-refractivity contribution is 6.08. The molecule has 4 rings (SSSR count). The molecule has 188 valence electrons. The number of nitrogens with zero attached hydrogens (tertiary/aromatic N) is 3. The summed E-state index contributed by atoms with van der Waals surface area (Å²) in [6.07, 6.45) is -2.17. The quantitative estimate of drug-likeness (QED) is 0.329. The van der Waals surface area contributed by atoms with Gasteiger partial charge in [0.15, 0.2) is 5.82 Å². The minimum atomic E-state index is -4.34. The lowest BCUT2D eigenvalue weighted by molar-refractivity contribution is -0.122. The van der Waals surface area contributed by atoms with Crippen molar-refractivity contribution >= 4 is 29.3 Å². The molecule has 0 saturated heterocycles. The molecule has 1 aliphatic rings. The molecule has 1 amide bonds. The Kier molecular flexibility index (Phi) is 6.82. The third-order valence-electron chi connectivity index (χ3n) is 5.86. The van der Waals surface area contributed by atoms with E-state index in [2.05, 4.69) is 26.0 Å². The number of hydrogen-bond donors (Lipinski definition) is 4. The number of benzene rings is 2. The van der Waals surface area contributed by atoms with Gasteiger partial charge in [-0.05, 0) is 49.6 Å². The highest BCUT2D eigenvalue weighted by Gasteiger charge is 2.27. The highest BCUT2D eigenvalue weighted by Crippen LogP contribution is 2.32. The molecular formula is C25H26F3N7O. The van der Waals surface area contributed by atoms with Crippen molar-refractivity contribution in [3.05, 3.63) is 64.9 Å². The third-order valence-corrected chi connectivity index (χ3v) is 5.86. The molecule has 0 aliphatic carbocycles. The monoisotopic (exact) mass is 497 g/mol. The number of aromatic nitrogens is 3. The number of amides is 1. The van der Waals surface area contributed by atoms with Crippen LogP contribution in [0.5, 0.6) is 0 Å². The topological polar surface area (TPSA) is 108 Å². The van der Waals surface area contributed by atoms with Crippen molar-refractivity contribution in [2.45, 2.75) is 39.5 Å². The van der Waals surface area contributed by atoms with Crippen LogP contribution in [-0.2, 0) is 6.54 Å². The molecule has 36 heavy (non-hydrogen) atoms. The van der Waals surface area contributed by atoms with Crippen LogP contribution in [0.2, 0.25) is 0 Å². The first kappa shape index (κ1) is 25.0. The van der Waals surface area contributed by atoms with Crippen molar-refractivity contribution < 1.29 is 18.0 Å². The van der Waals surface area contributed by atoms with Gasteiger partial charge in [-0.15, -0.1) is 5.10 Å². The molecule has 1 unspecified atom stereocenters. The summed E-state index contributed by atoms with van der Waals surface area (Å²) in [6.45, 7) is 5.20. The van der Waals surface area contributed by atoms with Crippen LogP contribution in [0.4, 0.5) is 24.8 Å². The summed E-state index contributed by atoms with van der Waals surface area (Å²) in [7, 11) is 0. The number of nitrogens with one attached hydrogen (secondary N) is 4. The Morgan fingerprint density at radius 1 is 1.25 bits per heavy atom. The second kappa shape index (κ2) is 9.84. The molecule has 0 spiro atoms. The number of carbonyl (C=O) groups excluding carboxylic acids is 1. The van der Waals surface area contributed by atoms with Gasteiger partial charge in [0.25, 0.3) is 5.91 Å². The Balaban J connectivity index is 1.56. The lowest BCUT2D eigenvalue weighted by Gasteiger charge is -2.12. The predicted octanol–water partition coefficient (Wildman–Crippen LogP) is 4.96. The van der Waals surface area contributed by atoms with Gasteiger partial charge >= 0.3 is 6.18 Å². The molecular weight excluding hydrogens is 471 g/mol. The first-order valence-corrected chi connectivity index (χ1v) is 11.4. The van der Waals surface area contributed by atoms with Crippen LogP contribution in [0.1, 0.15) is 46.9 Å². The number of anilines is 2. The number of carbonyl (C=O) groups is 1. The molecule has 0 radical (unpaired) electrons. The fraction of sp³-hybridized carbons (Fsp3) is 0.280. The van der Waals surface area contributed by atoms with Gasteiger partial charge in [0.2, 0.25) is 5.95 Å². The summed E-state index contributed by atoms with van der Waals surface area (Å²) >= 11 is 0. The van der Waals surface area contributed by atoms with E-state index in [1.165, 1.54) is 6.20 Å². The fourth-order valence-corrected chi connectivity index (χ4v) is 3.96. The van der Waals surface area contributed by atoms with Crippen molar-refractivity contribution in [2.24, 2.45) is 0 Å². The van der Waals surface area contributed by atoms with Gasteiger partial charge in [0.05, 0.1) is 6.04 Å². The third kappa shape index (κ3) is 5.24. The predicted molar refractivity (Wildman–Crippen MR) is 132 cm³/mol. The maximum Gasteiger partial charge on any atom is 0.405 e. The molecule has 8 nitrogen and oxygen atoms in total. The van der Waals surface area contributed by atoms with E-state index in [1.807, 2.05) is 32.9 Å². The number of aryl methyl sites for hydroxylation is 2. The molecule has 3 aromatic rings. The Morgan fingerprint density at radius 3 is 2.61 bits per heavy atom. The molecule has 11 heteroatoms. The minimum Gasteiger partial charge on any atom is -0.382 e. The summed E-state index contributed by atoms with van der Waals surface area (Å²) in [4.78, 5) is 16.8. The average Bonchev–Trinajstić information content (AvgIpc) is 3.36. The lowest BCUT2D eigenvalue weighted by atomic mass is 10.0. The van der Waals surface area contributed by atoms with E-state index >= 15 is 0 Å². The Labute approximate surface area is 206 Å². The maximum absolute atomic E-state index is 12.4. The van der Waals surface area contributed by atoms with E-state index in [4.69, 9.17) is 5.41 Å². The smallest absolute Gasteiger partial charge is 0.382 e. The Morgan fingerprint density at radius 2 is 1.97 bits per heavy atom. The van der Waals surface area contributed by atoms with Gasteiger partial charge in [-0.1, -0.05) is 24.3 Å². The van der Waals surface area contributed by atoms with Crippen molar-refractivity contribution in [1.29, 1.82) is 5.41 Å². The second-order valence-electron chi connectivity index (χ2n) is 8.47. The van der Waals surface area contributed by atoms with Gasteiger partial charge in [-0.2, -0.15) is 18.2 Å². The van der Waals surface area contributed by atoms with E-state index in [0.717, 1.165) is 28.6 Å². The van der Waals surface area contributed by atoms with Gasteiger partial charge in [-0.3, -0.25) is 4.79 Å². The molecule has 1 aromatic heterocycles. The van der Waals surface area contributed by atoms with Gasteiger partial charge < -0.3 is 21.4 Å². The standard InChI is InChI=1S/C25H26F3N7O/c1-4-35-24(32-21-10-19-15(3)31-23(36)20(19)9-14(21)2)33-22(34-35)17-7-5-16(6-8-17)18(11-29)12-30-13-25(26,27)28/h5-12,15,29-30H,4,13H2,1-3H3,(H,31,36)(H,32,33,34)/b18-12+,29-11?. The van der Waals surface area contributed by atoms with Crippen LogP contribution in [-0.4, -0.2) is 39.6 Å². The number of alkyl halides is 3. The van der Waals surface area contributed by atoms with Gasteiger partial charge in [0.1, 0.15) is 6.54 Å². The van der Waals surface area contributed by atoms with Crippen molar-refractivity contribution in [1.82, 2.24) is 25.4 Å². The van der Waals surface area contributed by atoms with E-state index in [-0.39, 0.29) is 11.9 Å². The second-order valence-corrected chi connectivity index (χ2v) is 8.47. The normalized spacial score (nSPS) is 15.4. The SMILES string of the molecule is CCn1nc(-c2ccc(/C(C=N)=C/NCC(F)(F)F)cc2)nc1Nc1cc2c(cc1C)C(=O)NC2C. The minimum absolute atomic E-state index is 0.0738. The molecule has 1 atom stereocenters. The van der Waals surface area contributed by atoms with Crippen LogP contribution in [0.25, 0.3) is 17.0 Å². The highest BCUT2D eigenvalue weighted by atomic mass is 19.4. The number of allylic oxidation sites excluding steroid dienone is 1. The summed E-state index contributed by atoms with van der Waals surface area (Å²) in [5.74, 6) is 0.943. The zero-order valence-corrected chi connectivity index (χ0v) is 20.0. The summed E-state index contributed by atoms with van der Waals surface area (Å²) in [5, 5.41) is 20.5. The molecule has 0 saturated carbocycles.